The lowest BCUT2D eigenvalue weighted by Crippen LogP contribution is -2.44. The molecule has 0 aliphatic carbocycles. The van der Waals surface area contributed by atoms with Gasteiger partial charge in [0.25, 0.3) is 0 Å². The first-order valence-electron chi connectivity index (χ1n) is 7.74. The Morgan fingerprint density at radius 2 is 2.22 bits per heavy atom. The molecule has 0 amide bonds. The summed E-state index contributed by atoms with van der Waals surface area (Å²) in [5.41, 5.74) is 1.13. The van der Waals surface area contributed by atoms with Crippen LogP contribution < -0.4 is 0 Å². The van der Waals surface area contributed by atoms with Gasteiger partial charge in [-0.1, -0.05) is 6.07 Å². The number of aliphatic carboxylic acids is 1. The molecular weight excluding hydrogens is 330 g/mol. The quantitative estimate of drug-likeness (QED) is 0.867. The molecule has 0 bridgehead atoms. The number of likely N-dealkylation sites (N-methyl/N-ethyl adjacent to an activating group) is 1. The van der Waals surface area contributed by atoms with Crippen LogP contribution in [0.15, 0.2) is 22.9 Å². The minimum absolute atomic E-state index is 0.126. The van der Waals surface area contributed by atoms with Gasteiger partial charge in [-0.15, -0.1) is 22.7 Å². The molecule has 0 unspecified atom stereocenters. The van der Waals surface area contributed by atoms with E-state index in [4.69, 9.17) is 10.1 Å². The number of hydrogen-bond donors (Lipinski definition) is 1. The number of rotatable bonds is 6. The van der Waals surface area contributed by atoms with Crippen molar-refractivity contribution in [3.05, 3.63) is 28.6 Å². The molecule has 3 heterocycles. The zero-order chi connectivity index (χ0) is 16.2. The van der Waals surface area contributed by atoms with Gasteiger partial charge in [-0.25, -0.2) is 4.98 Å². The Bertz CT molecular complexity index is 634. The molecule has 0 aromatic carbocycles. The topological polar surface area (TPSA) is 56.7 Å². The average molecular weight is 351 g/mol. The molecule has 0 spiro atoms. The van der Waals surface area contributed by atoms with E-state index in [0.29, 0.717) is 6.04 Å². The maximum Gasteiger partial charge on any atom is 0.317 e. The molecule has 1 aliphatic heterocycles. The van der Waals surface area contributed by atoms with E-state index in [1.54, 1.807) is 22.7 Å². The maximum absolute atomic E-state index is 10.8. The van der Waals surface area contributed by atoms with Gasteiger partial charge in [0, 0.05) is 31.1 Å². The second-order valence-electron chi connectivity index (χ2n) is 5.94. The molecule has 2 aromatic heterocycles. The summed E-state index contributed by atoms with van der Waals surface area (Å²) in [7, 11) is 1.90. The number of piperidine rings is 1. The van der Waals surface area contributed by atoms with E-state index in [9.17, 15) is 4.79 Å². The fourth-order valence-corrected chi connectivity index (χ4v) is 4.61. The summed E-state index contributed by atoms with van der Waals surface area (Å²) < 4.78 is 0. The minimum Gasteiger partial charge on any atom is -0.480 e. The fraction of sp³-hybridized carbons (Fsp3) is 0.500. The summed E-state index contributed by atoms with van der Waals surface area (Å²) >= 11 is 3.43. The first kappa shape index (κ1) is 16.6. The SMILES string of the molecule is CN(CC(=O)O)C1CCN(Cc2csc(-c3cccs3)n2)CC1. The second kappa shape index (κ2) is 7.53. The van der Waals surface area contributed by atoms with Crippen molar-refractivity contribution in [1.82, 2.24) is 14.8 Å². The Hall–Kier alpha value is -1.28. The van der Waals surface area contributed by atoms with Crippen molar-refractivity contribution in [2.75, 3.05) is 26.7 Å². The van der Waals surface area contributed by atoms with Crippen LogP contribution in [0.4, 0.5) is 0 Å². The highest BCUT2D eigenvalue weighted by molar-refractivity contribution is 7.20. The molecule has 0 saturated carbocycles. The van der Waals surface area contributed by atoms with E-state index in [1.807, 2.05) is 11.9 Å². The number of carbonyl (C=O) groups is 1. The van der Waals surface area contributed by atoms with Crippen molar-refractivity contribution in [1.29, 1.82) is 0 Å². The number of hydrogen-bond acceptors (Lipinski definition) is 6. The lowest BCUT2D eigenvalue weighted by molar-refractivity contribution is -0.138. The summed E-state index contributed by atoms with van der Waals surface area (Å²) in [6.45, 7) is 3.01. The standard InChI is InChI=1S/C16H21N3O2S2/c1-18(10-15(20)21)13-4-6-19(7-5-13)9-12-11-23-16(17-12)14-3-2-8-22-14/h2-3,8,11,13H,4-7,9-10H2,1H3,(H,20,21). The van der Waals surface area contributed by atoms with Gasteiger partial charge in [0.1, 0.15) is 5.01 Å². The number of carboxylic acid groups (broad SMARTS) is 1. The zero-order valence-electron chi connectivity index (χ0n) is 13.1. The number of thiophene rings is 1. The van der Waals surface area contributed by atoms with E-state index >= 15 is 0 Å². The predicted octanol–water partition coefficient (Wildman–Crippen LogP) is 2.85. The summed E-state index contributed by atoms with van der Waals surface area (Å²) in [6, 6.07) is 4.54. The van der Waals surface area contributed by atoms with Crippen LogP contribution in [0.1, 0.15) is 18.5 Å². The van der Waals surface area contributed by atoms with Crippen molar-refractivity contribution >= 4 is 28.6 Å². The van der Waals surface area contributed by atoms with Gasteiger partial charge in [0.05, 0.1) is 17.1 Å². The molecule has 2 aromatic rings. The minimum atomic E-state index is -0.751. The zero-order valence-corrected chi connectivity index (χ0v) is 14.8. The van der Waals surface area contributed by atoms with Crippen molar-refractivity contribution < 1.29 is 9.90 Å². The molecule has 5 nitrogen and oxygen atoms in total. The van der Waals surface area contributed by atoms with Gasteiger partial charge in [-0.05, 0) is 31.3 Å². The highest BCUT2D eigenvalue weighted by Crippen LogP contribution is 2.28. The lowest BCUT2D eigenvalue weighted by Gasteiger charge is -2.35. The maximum atomic E-state index is 10.8. The van der Waals surface area contributed by atoms with Crippen LogP contribution in [-0.4, -0.2) is 58.6 Å². The number of thiazole rings is 1. The van der Waals surface area contributed by atoms with Crippen LogP contribution in [-0.2, 0) is 11.3 Å². The third-order valence-corrected chi connectivity index (χ3v) is 6.16. The molecule has 0 atom stereocenters. The highest BCUT2D eigenvalue weighted by Gasteiger charge is 2.24. The van der Waals surface area contributed by atoms with Crippen LogP contribution in [0, 0.1) is 0 Å². The van der Waals surface area contributed by atoms with Crippen LogP contribution >= 0.6 is 22.7 Å². The van der Waals surface area contributed by atoms with Crippen LogP contribution in [0.2, 0.25) is 0 Å². The Morgan fingerprint density at radius 3 is 2.87 bits per heavy atom. The van der Waals surface area contributed by atoms with Crippen LogP contribution in [0.5, 0.6) is 0 Å². The summed E-state index contributed by atoms with van der Waals surface area (Å²) in [5.74, 6) is -0.751. The normalized spacial score (nSPS) is 17.0. The number of carboxylic acids is 1. The van der Waals surface area contributed by atoms with Gasteiger partial charge in [-0.3, -0.25) is 14.6 Å². The van der Waals surface area contributed by atoms with Crippen molar-refractivity contribution in [2.24, 2.45) is 0 Å². The molecule has 1 fully saturated rings. The van der Waals surface area contributed by atoms with E-state index in [1.165, 1.54) is 4.88 Å². The summed E-state index contributed by atoms with van der Waals surface area (Å²) in [4.78, 5) is 21.1. The van der Waals surface area contributed by atoms with E-state index in [2.05, 4.69) is 27.8 Å². The van der Waals surface area contributed by atoms with Gasteiger partial charge in [-0.2, -0.15) is 0 Å². The summed E-state index contributed by atoms with van der Waals surface area (Å²) in [5, 5.41) is 14.2. The Kier molecular flexibility index (Phi) is 5.42. The Morgan fingerprint density at radius 1 is 1.43 bits per heavy atom. The van der Waals surface area contributed by atoms with Gasteiger partial charge in [0.15, 0.2) is 0 Å². The van der Waals surface area contributed by atoms with Crippen molar-refractivity contribution in [3.8, 4) is 9.88 Å². The number of nitrogens with zero attached hydrogens (tertiary/aromatic N) is 3. The van der Waals surface area contributed by atoms with E-state index in [-0.39, 0.29) is 6.54 Å². The second-order valence-corrected chi connectivity index (χ2v) is 7.74. The van der Waals surface area contributed by atoms with E-state index < -0.39 is 5.97 Å². The van der Waals surface area contributed by atoms with Crippen molar-refractivity contribution in [2.45, 2.75) is 25.4 Å². The fourth-order valence-electron chi connectivity index (χ4n) is 2.98. The largest absolute Gasteiger partial charge is 0.480 e. The average Bonchev–Trinajstić information content (AvgIpc) is 3.18. The first-order valence-corrected chi connectivity index (χ1v) is 9.50. The molecule has 7 heteroatoms. The van der Waals surface area contributed by atoms with Gasteiger partial charge >= 0.3 is 5.97 Å². The lowest BCUT2D eigenvalue weighted by atomic mass is 10.0. The molecule has 0 radical (unpaired) electrons. The molecule has 1 N–H and O–H groups in total. The molecule has 124 valence electrons. The molecular formula is C16H21N3O2S2. The monoisotopic (exact) mass is 351 g/mol. The van der Waals surface area contributed by atoms with Gasteiger partial charge < -0.3 is 5.11 Å². The van der Waals surface area contributed by atoms with Gasteiger partial charge in [0.2, 0.25) is 0 Å². The first-order chi connectivity index (χ1) is 11.1. The summed E-state index contributed by atoms with van der Waals surface area (Å²) in [6.07, 6.45) is 2.04. The molecule has 3 rings (SSSR count). The van der Waals surface area contributed by atoms with Crippen molar-refractivity contribution in [3.63, 3.8) is 0 Å². The number of likely N-dealkylation sites (tertiary alicyclic amines) is 1. The van der Waals surface area contributed by atoms with Crippen LogP contribution in [0.3, 0.4) is 0 Å². The van der Waals surface area contributed by atoms with E-state index in [0.717, 1.165) is 43.2 Å². The molecule has 1 saturated heterocycles. The Balaban J connectivity index is 1.50. The predicted molar refractivity (Wildman–Crippen MR) is 94.0 cm³/mol. The molecule has 23 heavy (non-hydrogen) atoms. The third-order valence-electron chi connectivity index (χ3n) is 4.23. The third kappa shape index (κ3) is 4.38. The smallest absolute Gasteiger partial charge is 0.317 e. The highest BCUT2D eigenvalue weighted by atomic mass is 32.1. The van der Waals surface area contributed by atoms with Crippen LogP contribution in [0.25, 0.3) is 9.88 Å². The number of aromatic nitrogens is 1. The Labute approximate surface area is 144 Å². The molecule has 1 aliphatic rings.